The van der Waals surface area contributed by atoms with Crippen LogP contribution in [0.4, 0.5) is 0 Å². The van der Waals surface area contributed by atoms with Crippen molar-refractivity contribution in [2.75, 3.05) is 20.1 Å². The van der Waals surface area contributed by atoms with E-state index < -0.39 is 0 Å². The highest BCUT2D eigenvalue weighted by Gasteiger charge is 2.27. The predicted molar refractivity (Wildman–Crippen MR) is 68.3 cm³/mol. The van der Waals surface area contributed by atoms with Gasteiger partial charge in [0.25, 0.3) is 0 Å². The molecule has 0 saturated heterocycles. The Hall–Kier alpha value is -0.530. The first-order valence-corrected chi connectivity index (χ1v) is 6.62. The number of hydrogen-bond acceptors (Lipinski definition) is 1. The van der Waals surface area contributed by atoms with Crippen LogP contribution in [0.2, 0.25) is 5.02 Å². The smallest absolute Gasteiger partial charge is 0.0441 e. The van der Waals surface area contributed by atoms with Gasteiger partial charge in [0.05, 0.1) is 0 Å². The average Bonchev–Trinajstić information content (AvgIpc) is 2.44. The molecule has 2 heteroatoms. The van der Waals surface area contributed by atoms with Gasteiger partial charge in [-0.3, -0.25) is 0 Å². The highest BCUT2D eigenvalue weighted by Crippen LogP contribution is 2.39. The molecule has 0 amide bonds. The Labute approximate surface area is 102 Å². The molecule has 0 aromatic heterocycles. The van der Waals surface area contributed by atoms with Gasteiger partial charge in [0, 0.05) is 18.1 Å². The minimum Gasteiger partial charge on any atom is -0.305 e. The van der Waals surface area contributed by atoms with Crippen molar-refractivity contribution in [3.05, 3.63) is 33.8 Å². The van der Waals surface area contributed by atoms with Crippen LogP contribution in [0.15, 0.2) is 12.1 Å². The first-order chi connectivity index (χ1) is 7.75. The molecule has 0 saturated carbocycles. The molecule has 1 atom stereocenters. The van der Waals surface area contributed by atoms with E-state index in [9.17, 15) is 0 Å². The summed E-state index contributed by atoms with van der Waals surface area (Å²) in [5.41, 5.74) is 4.60. The van der Waals surface area contributed by atoms with Crippen LogP contribution in [0, 0.1) is 0 Å². The number of benzene rings is 1. The number of likely N-dealkylation sites (N-methyl/N-ethyl adjacent to an activating group) is 1. The SMILES string of the molecule is CN1CCc2c(Cl)ccc3c2[C@H](CCC3)C1. The summed E-state index contributed by atoms with van der Waals surface area (Å²) in [5.74, 6) is 0.727. The van der Waals surface area contributed by atoms with Crippen LogP contribution >= 0.6 is 11.6 Å². The molecular formula is C14H18ClN. The first kappa shape index (κ1) is 10.6. The van der Waals surface area contributed by atoms with Gasteiger partial charge in [0.1, 0.15) is 0 Å². The van der Waals surface area contributed by atoms with Crippen LogP contribution in [0.3, 0.4) is 0 Å². The van der Waals surface area contributed by atoms with E-state index >= 15 is 0 Å². The highest BCUT2D eigenvalue weighted by atomic mass is 35.5. The third kappa shape index (κ3) is 1.66. The van der Waals surface area contributed by atoms with Crippen molar-refractivity contribution in [1.29, 1.82) is 0 Å². The van der Waals surface area contributed by atoms with Crippen LogP contribution in [-0.2, 0) is 12.8 Å². The second kappa shape index (κ2) is 4.05. The number of nitrogens with zero attached hydrogens (tertiary/aromatic N) is 1. The van der Waals surface area contributed by atoms with E-state index in [1.807, 2.05) is 0 Å². The van der Waals surface area contributed by atoms with Gasteiger partial charge in [-0.15, -0.1) is 0 Å². The zero-order chi connectivity index (χ0) is 11.1. The largest absolute Gasteiger partial charge is 0.305 e. The molecule has 1 nitrogen and oxygen atoms in total. The average molecular weight is 236 g/mol. The third-order valence-electron chi connectivity index (χ3n) is 4.07. The molecule has 1 aromatic carbocycles. The van der Waals surface area contributed by atoms with Crippen LogP contribution in [0.5, 0.6) is 0 Å². The predicted octanol–water partition coefficient (Wildman–Crippen LogP) is 3.25. The fourth-order valence-corrected chi connectivity index (χ4v) is 3.56. The van der Waals surface area contributed by atoms with Gasteiger partial charge in [-0.25, -0.2) is 0 Å². The molecule has 0 fully saturated rings. The van der Waals surface area contributed by atoms with Gasteiger partial charge in [-0.2, -0.15) is 0 Å². The Bertz CT molecular complexity index is 413. The number of aryl methyl sites for hydroxylation is 1. The first-order valence-electron chi connectivity index (χ1n) is 6.24. The minimum atomic E-state index is 0.727. The summed E-state index contributed by atoms with van der Waals surface area (Å²) in [7, 11) is 2.23. The van der Waals surface area contributed by atoms with Crippen molar-refractivity contribution in [3.8, 4) is 0 Å². The quantitative estimate of drug-likeness (QED) is 0.667. The van der Waals surface area contributed by atoms with Gasteiger partial charge in [0.15, 0.2) is 0 Å². The number of halogens is 1. The van der Waals surface area contributed by atoms with E-state index in [1.54, 1.807) is 11.1 Å². The van der Waals surface area contributed by atoms with Crippen LogP contribution < -0.4 is 0 Å². The maximum atomic E-state index is 6.36. The second-order valence-electron chi connectivity index (χ2n) is 5.20. The molecule has 0 radical (unpaired) electrons. The van der Waals surface area contributed by atoms with Crippen molar-refractivity contribution >= 4 is 11.6 Å². The van der Waals surface area contributed by atoms with E-state index in [-0.39, 0.29) is 0 Å². The van der Waals surface area contributed by atoms with E-state index in [1.165, 1.54) is 31.4 Å². The molecule has 1 aliphatic heterocycles. The molecule has 0 spiro atoms. The summed E-state index contributed by atoms with van der Waals surface area (Å²) < 4.78 is 0. The Balaban J connectivity index is 2.15. The van der Waals surface area contributed by atoms with Crippen molar-refractivity contribution in [2.24, 2.45) is 0 Å². The van der Waals surface area contributed by atoms with Crippen molar-refractivity contribution in [1.82, 2.24) is 4.90 Å². The van der Waals surface area contributed by atoms with Gasteiger partial charge in [0.2, 0.25) is 0 Å². The lowest BCUT2D eigenvalue weighted by Gasteiger charge is -2.28. The Kier molecular flexibility index (Phi) is 2.68. The lowest BCUT2D eigenvalue weighted by Crippen LogP contribution is -2.25. The summed E-state index contributed by atoms with van der Waals surface area (Å²) in [6.45, 7) is 2.35. The Morgan fingerprint density at radius 3 is 3.06 bits per heavy atom. The summed E-state index contributed by atoms with van der Waals surface area (Å²) in [6, 6.07) is 4.35. The van der Waals surface area contributed by atoms with Gasteiger partial charge in [-0.05, 0) is 61.4 Å². The molecular weight excluding hydrogens is 218 g/mol. The normalized spacial score (nSPS) is 25.0. The van der Waals surface area contributed by atoms with Crippen LogP contribution in [-0.4, -0.2) is 25.0 Å². The molecule has 0 unspecified atom stereocenters. The monoisotopic (exact) mass is 235 g/mol. The molecule has 16 heavy (non-hydrogen) atoms. The molecule has 3 rings (SSSR count). The molecule has 0 N–H and O–H groups in total. The van der Waals surface area contributed by atoms with E-state index in [0.717, 1.165) is 23.9 Å². The fraction of sp³-hybridized carbons (Fsp3) is 0.571. The van der Waals surface area contributed by atoms with E-state index in [0.29, 0.717) is 0 Å². The summed E-state index contributed by atoms with van der Waals surface area (Å²) in [6.07, 6.45) is 5.05. The third-order valence-corrected chi connectivity index (χ3v) is 4.43. The standard InChI is InChI=1S/C14H18ClN/c1-16-8-7-12-13(15)6-5-10-3-2-4-11(9-16)14(10)12/h5-6,11H,2-4,7-9H2,1H3/t11-/m1/s1. The van der Waals surface area contributed by atoms with Gasteiger partial charge >= 0.3 is 0 Å². The molecule has 0 bridgehead atoms. The number of rotatable bonds is 0. The van der Waals surface area contributed by atoms with Gasteiger partial charge < -0.3 is 4.90 Å². The molecule has 2 aliphatic rings. The van der Waals surface area contributed by atoms with Crippen molar-refractivity contribution in [3.63, 3.8) is 0 Å². The maximum absolute atomic E-state index is 6.36. The van der Waals surface area contributed by atoms with E-state index in [4.69, 9.17) is 11.6 Å². The van der Waals surface area contributed by atoms with Gasteiger partial charge in [-0.1, -0.05) is 17.7 Å². The summed E-state index contributed by atoms with van der Waals surface area (Å²) in [4.78, 5) is 2.45. The summed E-state index contributed by atoms with van der Waals surface area (Å²) >= 11 is 6.36. The molecule has 1 aliphatic carbocycles. The topological polar surface area (TPSA) is 3.24 Å². The second-order valence-corrected chi connectivity index (χ2v) is 5.61. The highest BCUT2D eigenvalue weighted by molar-refractivity contribution is 6.31. The summed E-state index contributed by atoms with van der Waals surface area (Å²) in [5, 5.41) is 0.987. The van der Waals surface area contributed by atoms with Crippen molar-refractivity contribution in [2.45, 2.75) is 31.6 Å². The van der Waals surface area contributed by atoms with Crippen LogP contribution in [0.25, 0.3) is 0 Å². The zero-order valence-corrected chi connectivity index (χ0v) is 10.6. The molecule has 1 aromatic rings. The Morgan fingerprint density at radius 2 is 2.19 bits per heavy atom. The number of hydrogen-bond donors (Lipinski definition) is 0. The lowest BCUT2D eigenvalue weighted by molar-refractivity contribution is 0.313. The lowest BCUT2D eigenvalue weighted by atomic mass is 9.80. The maximum Gasteiger partial charge on any atom is 0.0441 e. The molecule has 1 heterocycles. The zero-order valence-electron chi connectivity index (χ0n) is 9.80. The minimum absolute atomic E-state index is 0.727. The van der Waals surface area contributed by atoms with E-state index in [2.05, 4.69) is 24.1 Å². The fourth-order valence-electron chi connectivity index (χ4n) is 3.30. The van der Waals surface area contributed by atoms with Crippen LogP contribution in [0.1, 0.15) is 35.4 Å². The Morgan fingerprint density at radius 1 is 1.31 bits per heavy atom. The molecule has 86 valence electrons. The van der Waals surface area contributed by atoms with Crippen molar-refractivity contribution < 1.29 is 0 Å².